The van der Waals surface area contributed by atoms with Gasteiger partial charge in [0.05, 0.1) is 5.75 Å². The highest BCUT2D eigenvalue weighted by atomic mass is 32.2. The summed E-state index contributed by atoms with van der Waals surface area (Å²) in [6.45, 7) is 5.58. The largest absolute Gasteiger partial charge is 0.353 e. The molecule has 0 aliphatic carbocycles. The average Bonchev–Trinajstić information content (AvgIpc) is 2.15. The smallest absolute Gasteiger partial charge is 0.235 e. The molecule has 2 atom stereocenters. The second-order valence-electron chi connectivity index (χ2n) is 4.10. The lowest BCUT2D eigenvalue weighted by atomic mass is 10.3. The van der Waals surface area contributed by atoms with E-state index in [0.717, 1.165) is 6.42 Å². The van der Waals surface area contributed by atoms with Crippen LogP contribution in [0.5, 0.6) is 0 Å². The summed E-state index contributed by atoms with van der Waals surface area (Å²) in [5.41, 5.74) is 5.55. The van der Waals surface area contributed by atoms with Crippen molar-refractivity contribution in [1.82, 2.24) is 5.32 Å². The normalized spacial score (nSPS) is 15.5. The lowest BCUT2D eigenvalue weighted by molar-refractivity contribution is -0.119. The van der Waals surface area contributed by atoms with E-state index in [-0.39, 0.29) is 17.8 Å². The van der Waals surface area contributed by atoms with Crippen molar-refractivity contribution in [1.29, 1.82) is 0 Å². The van der Waals surface area contributed by atoms with Gasteiger partial charge in [-0.3, -0.25) is 4.79 Å². The third-order valence-electron chi connectivity index (χ3n) is 2.36. The maximum absolute atomic E-state index is 11.5. The van der Waals surface area contributed by atoms with Crippen LogP contribution in [-0.4, -0.2) is 37.9 Å². The molecule has 0 aromatic rings. The molecule has 6 heteroatoms. The Bertz CT molecular complexity index is 314. The zero-order chi connectivity index (χ0) is 12.8. The molecule has 1 amide bonds. The Labute approximate surface area is 97.7 Å². The van der Waals surface area contributed by atoms with Crippen LogP contribution >= 0.6 is 0 Å². The molecule has 0 radical (unpaired) electrons. The summed E-state index contributed by atoms with van der Waals surface area (Å²) in [4.78, 5) is 11.4. The first-order valence-electron chi connectivity index (χ1n) is 5.56. The van der Waals surface area contributed by atoms with Gasteiger partial charge < -0.3 is 11.1 Å². The van der Waals surface area contributed by atoms with Crippen molar-refractivity contribution >= 4 is 15.7 Å². The van der Waals surface area contributed by atoms with E-state index in [4.69, 9.17) is 5.73 Å². The van der Waals surface area contributed by atoms with E-state index in [1.54, 1.807) is 0 Å². The van der Waals surface area contributed by atoms with Crippen LogP contribution < -0.4 is 11.1 Å². The van der Waals surface area contributed by atoms with Crippen LogP contribution in [-0.2, 0) is 14.6 Å². The molecule has 0 spiro atoms. The number of nitrogens with one attached hydrogen (secondary N) is 1. The van der Waals surface area contributed by atoms with Gasteiger partial charge in [-0.2, -0.15) is 0 Å². The fourth-order valence-corrected chi connectivity index (χ4v) is 2.61. The summed E-state index contributed by atoms with van der Waals surface area (Å²) in [5.74, 6) is -1.04. The first-order chi connectivity index (χ1) is 7.30. The second-order valence-corrected chi connectivity index (χ2v) is 6.21. The first-order valence-corrected chi connectivity index (χ1v) is 7.38. The van der Waals surface area contributed by atoms with Crippen molar-refractivity contribution < 1.29 is 13.2 Å². The molecule has 0 aromatic heterocycles. The van der Waals surface area contributed by atoms with Crippen LogP contribution in [0.2, 0.25) is 0 Å². The van der Waals surface area contributed by atoms with Crippen molar-refractivity contribution in [2.45, 2.75) is 45.7 Å². The molecule has 0 aliphatic rings. The topological polar surface area (TPSA) is 89.3 Å². The van der Waals surface area contributed by atoms with Gasteiger partial charge in [-0.05, 0) is 19.8 Å². The number of hydrogen-bond donors (Lipinski definition) is 2. The van der Waals surface area contributed by atoms with Gasteiger partial charge in [-0.15, -0.1) is 0 Å². The molecule has 5 nitrogen and oxygen atoms in total. The molecule has 3 N–H and O–H groups in total. The minimum Gasteiger partial charge on any atom is -0.353 e. The Kier molecular flexibility index (Phi) is 6.59. The van der Waals surface area contributed by atoms with Gasteiger partial charge in [0, 0.05) is 12.1 Å². The number of nitrogens with two attached hydrogens (primary N) is 1. The molecule has 0 saturated carbocycles. The number of rotatable bonds is 7. The summed E-state index contributed by atoms with van der Waals surface area (Å²) in [5, 5.41) is 2.62. The molecular weight excluding hydrogens is 228 g/mol. The zero-order valence-corrected chi connectivity index (χ0v) is 11.0. The summed E-state index contributed by atoms with van der Waals surface area (Å²) >= 11 is 0. The molecule has 0 aliphatic heterocycles. The van der Waals surface area contributed by atoms with Gasteiger partial charge in [-0.1, -0.05) is 13.8 Å². The van der Waals surface area contributed by atoms with Gasteiger partial charge in [0.25, 0.3) is 0 Å². The van der Waals surface area contributed by atoms with Crippen LogP contribution in [0.4, 0.5) is 0 Å². The summed E-state index contributed by atoms with van der Waals surface area (Å²) in [7, 11) is -3.38. The number of hydrogen-bond acceptors (Lipinski definition) is 4. The van der Waals surface area contributed by atoms with Crippen molar-refractivity contribution in [3.05, 3.63) is 0 Å². The molecule has 0 saturated heterocycles. The molecule has 0 bridgehead atoms. The summed E-state index contributed by atoms with van der Waals surface area (Å²) in [6, 6.07) is -0.385. The Balaban J connectivity index is 4.21. The molecule has 2 unspecified atom stereocenters. The van der Waals surface area contributed by atoms with E-state index >= 15 is 0 Å². The van der Waals surface area contributed by atoms with Gasteiger partial charge in [0.1, 0.15) is 5.75 Å². The van der Waals surface area contributed by atoms with E-state index in [9.17, 15) is 13.2 Å². The van der Waals surface area contributed by atoms with Gasteiger partial charge >= 0.3 is 0 Å². The van der Waals surface area contributed by atoms with E-state index < -0.39 is 21.5 Å². The molecule has 16 heavy (non-hydrogen) atoms. The minimum atomic E-state index is -3.38. The predicted molar refractivity (Wildman–Crippen MR) is 64.8 cm³/mol. The fraction of sp³-hybridized carbons (Fsp3) is 0.900. The average molecular weight is 250 g/mol. The van der Waals surface area contributed by atoms with E-state index in [1.807, 2.05) is 20.8 Å². The lowest BCUT2D eigenvalue weighted by Gasteiger charge is -2.13. The van der Waals surface area contributed by atoms with E-state index in [0.29, 0.717) is 6.42 Å². The SMILES string of the molecule is CCC(N)CS(=O)(=O)CC(=O)NC(C)CC. The molecule has 0 rings (SSSR count). The molecule has 0 heterocycles. The maximum atomic E-state index is 11.5. The Hall–Kier alpha value is -0.620. The summed E-state index contributed by atoms with van der Waals surface area (Å²) in [6.07, 6.45) is 1.37. The number of amides is 1. The fourth-order valence-electron chi connectivity index (χ4n) is 1.12. The van der Waals surface area contributed by atoms with Crippen molar-refractivity contribution in [2.24, 2.45) is 5.73 Å². The van der Waals surface area contributed by atoms with Crippen molar-refractivity contribution in [2.75, 3.05) is 11.5 Å². The van der Waals surface area contributed by atoms with Crippen LogP contribution in [0, 0.1) is 0 Å². The highest BCUT2D eigenvalue weighted by molar-refractivity contribution is 7.92. The lowest BCUT2D eigenvalue weighted by Crippen LogP contribution is -2.39. The van der Waals surface area contributed by atoms with Gasteiger partial charge in [0.2, 0.25) is 5.91 Å². The molecule has 0 fully saturated rings. The molecular formula is C10H22N2O3S. The quantitative estimate of drug-likeness (QED) is 0.668. The monoisotopic (exact) mass is 250 g/mol. The highest BCUT2D eigenvalue weighted by Gasteiger charge is 2.20. The first kappa shape index (κ1) is 15.4. The van der Waals surface area contributed by atoms with Gasteiger partial charge in [-0.25, -0.2) is 8.42 Å². The van der Waals surface area contributed by atoms with Crippen LogP contribution in [0.3, 0.4) is 0 Å². The van der Waals surface area contributed by atoms with Crippen molar-refractivity contribution in [3.8, 4) is 0 Å². The molecule has 96 valence electrons. The van der Waals surface area contributed by atoms with Gasteiger partial charge in [0.15, 0.2) is 9.84 Å². The number of sulfone groups is 1. The van der Waals surface area contributed by atoms with Crippen LogP contribution in [0.1, 0.15) is 33.6 Å². The van der Waals surface area contributed by atoms with Crippen LogP contribution in [0.15, 0.2) is 0 Å². The van der Waals surface area contributed by atoms with E-state index in [2.05, 4.69) is 5.32 Å². The standard InChI is InChI=1S/C10H22N2O3S/c1-4-8(3)12-10(13)7-16(14,15)6-9(11)5-2/h8-9H,4-7,11H2,1-3H3,(H,12,13). The highest BCUT2D eigenvalue weighted by Crippen LogP contribution is 1.97. The maximum Gasteiger partial charge on any atom is 0.235 e. The van der Waals surface area contributed by atoms with Crippen LogP contribution in [0.25, 0.3) is 0 Å². The Morgan fingerprint density at radius 1 is 1.31 bits per heavy atom. The zero-order valence-electron chi connectivity index (χ0n) is 10.2. The predicted octanol–water partition coefficient (Wildman–Crippen LogP) is 0.0532. The third-order valence-corrected chi connectivity index (χ3v) is 4.00. The van der Waals surface area contributed by atoms with E-state index in [1.165, 1.54) is 0 Å². The minimum absolute atomic E-state index is 0.00236. The number of carbonyl (C=O) groups excluding carboxylic acids is 1. The summed E-state index contributed by atoms with van der Waals surface area (Å²) < 4.78 is 23.1. The molecule has 0 aromatic carbocycles. The Morgan fingerprint density at radius 3 is 2.31 bits per heavy atom. The third kappa shape index (κ3) is 6.79. The Morgan fingerprint density at radius 2 is 1.88 bits per heavy atom. The second kappa shape index (κ2) is 6.85. The number of carbonyl (C=O) groups is 1. The van der Waals surface area contributed by atoms with Crippen molar-refractivity contribution in [3.63, 3.8) is 0 Å².